The quantitative estimate of drug-likeness (QED) is 0.635. The van der Waals surface area contributed by atoms with Gasteiger partial charge in [0.1, 0.15) is 0 Å². The van der Waals surface area contributed by atoms with Crippen molar-refractivity contribution in [1.29, 1.82) is 0 Å². The second-order valence-electron chi connectivity index (χ2n) is 3.67. The summed E-state index contributed by atoms with van der Waals surface area (Å²) in [7, 11) is 0. The molecule has 0 atom stereocenters. The molecule has 0 unspecified atom stereocenters. The van der Waals surface area contributed by atoms with Crippen LogP contribution in [0.25, 0.3) is 0 Å². The molecule has 0 N–H and O–H groups in total. The fourth-order valence-corrected chi connectivity index (χ4v) is 3.23. The minimum absolute atomic E-state index is 0.581. The third kappa shape index (κ3) is 3.18. The summed E-state index contributed by atoms with van der Waals surface area (Å²) < 4.78 is 0.581. The molecule has 0 aromatic carbocycles. The molecule has 0 aliphatic heterocycles. The van der Waals surface area contributed by atoms with Gasteiger partial charge in [0.25, 0.3) is 0 Å². The number of nitrogens with zero attached hydrogens (tertiary/aromatic N) is 3. The number of thioether (sulfide) groups is 1. The van der Waals surface area contributed by atoms with Crippen molar-refractivity contribution in [2.45, 2.75) is 31.7 Å². The first-order valence-electron chi connectivity index (χ1n) is 5.11. The molecule has 0 fully saturated rings. The summed E-state index contributed by atoms with van der Waals surface area (Å²) in [6.45, 7) is 6.07. The largest absolute Gasteiger partial charge is 0.233 e. The molecule has 0 saturated carbocycles. The van der Waals surface area contributed by atoms with Gasteiger partial charge in [-0.2, -0.15) is 0 Å². The Balaban J connectivity index is 2.09. The number of aryl methyl sites for hydroxylation is 2. The van der Waals surface area contributed by atoms with E-state index in [1.807, 2.05) is 20.8 Å². The van der Waals surface area contributed by atoms with E-state index < -0.39 is 0 Å². The van der Waals surface area contributed by atoms with Crippen LogP contribution < -0.4 is 0 Å². The average Bonchev–Trinajstić information content (AvgIpc) is 2.69. The fourth-order valence-electron chi connectivity index (χ4n) is 1.29. The van der Waals surface area contributed by atoms with Crippen LogP contribution in [0.2, 0.25) is 4.47 Å². The molecule has 0 bridgehead atoms. The Labute approximate surface area is 114 Å². The first-order chi connectivity index (χ1) is 8.06. The van der Waals surface area contributed by atoms with Gasteiger partial charge in [-0.05, 0) is 26.3 Å². The van der Waals surface area contributed by atoms with Crippen LogP contribution in [0.4, 0.5) is 0 Å². The van der Waals surface area contributed by atoms with Crippen LogP contribution >= 0.6 is 34.7 Å². The van der Waals surface area contributed by atoms with E-state index in [4.69, 9.17) is 11.6 Å². The van der Waals surface area contributed by atoms with Gasteiger partial charge in [0.2, 0.25) is 0 Å². The molecule has 0 aliphatic rings. The molecule has 0 aliphatic carbocycles. The van der Waals surface area contributed by atoms with Gasteiger partial charge in [-0.1, -0.05) is 23.4 Å². The van der Waals surface area contributed by atoms with E-state index in [1.54, 1.807) is 18.0 Å². The highest BCUT2D eigenvalue weighted by Gasteiger charge is 2.06. The van der Waals surface area contributed by atoms with E-state index in [0.29, 0.717) is 4.47 Å². The maximum atomic E-state index is 5.78. The van der Waals surface area contributed by atoms with Crippen LogP contribution in [0, 0.1) is 20.8 Å². The number of aromatic nitrogens is 3. The lowest BCUT2D eigenvalue weighted by Gasteiger charge is -2.05. The summed E-state index contributed by atoms with van der Waals surface area (Å²) in [6.07, 6.45) is 1.80. The molecule has 6 heteroatoms. The number of thiazole rings is 1. The lowest BCUT2D eigenvalue weighted by Crippen LogP contribution is -1.97. The smallest absolute Gasteiger partial charge is 0.188 e. The van der Waals surface area contributed by atoms with Crippen molar-refractivity contribution in [2.75, 3.05) is 0 Å². The normalized spacial score (nSPS) is 10.8. The standard InChI is InChI=1S/C11H12ClN3S2/c1-6-7(2)14-11(15-8(6)3)16-5-9-4-13-10(12)17-9/h4H,5H2,1-3H3. The van der Waals surface area contributed by atoms with Crippen molar-refractivity contribution in [1.82, 2.24) is 15.0 Å². The summed E-state index contributed by atoms with van der Waals surface area (Å²) >= 11 is 8.89. The van der Waals surface area contributed by atoms with Gasteiger partial charge in [0, 0.05) is 28.2 Å². The second kappa shape index (κ2) is 5.33. The van der Waals surface area contributed by atoms with Crippen molar-refractivity contribution in [3.05, 3.63) is 32.5 Å². The molecule has 17 heavy (non-hydrogen) atoms. The molecular formula is C11H12ClN3S2. The van der Waals surface area contributed by atoms with Gasteiger partial charge in [-0.3, -0.25) is 0 Å². The van der Waals surface area contributed by atoms with Crippen LogP contribution in [0.3, 0.4) is 0 Å². The Kier molecular flexibility index (Phi) is 4.01. The first-order valence-corrected chi connectivity index (χ1v) is 7.29. The number of hydrogen-bond donors (Lipinski definition) is 0. The maximum absolute atomic E-state index is 5.78. The van der Waals surface area contributed by atoms with Crippen LogP contribution in [0.15, 0.2) is 11.4 Å². The number of rotatable bonds is 3. The molecule has 2 rings (SSSR count). The highest BCUT2D eigenvalue weighted by molar-refractivity contribution is 7.98. The SMILES string of the molecule is Cc1nc(SCc2cnc(Cl)s2)nc(C)c1C. The predicted octanol–water partition coefficient (Wildman–Crippen LogP) is 3.80. The lowest BCUT2D eigenvalue weighted by molar-refractivity contribution is 0.881. The molecule has 2 aromatic rings. The Hall–Kier alpha value is -0.650. The highest BCUT2D eigenvalue weighted by atomic mass is 35.5. The molecule has 90 valence electrons. The summed E-state index contributed by atoms with van der Waals surface area (Å²) in [4.78, 5) is 14.1. The minimum atomic E-state index is 0.581. The van der Waals surface area contributed by atoms with Gasteiger partial charge in [0.05, 0.1) is 0 Å². The molecule has 0 saturated heterocycles. The summed E-state index contributed by atoms with van der Waals surface area (Å²) in [5.41, 5.74) is 3.25. The predicted molar refractivity (Wildman–Crippen MR) is 72.9 cm³/mol. The first kappa shape index (κ1) is 12.8. The summed E-state index contributed by atoms with van der Waals surface area (Å²) in [5, 5.41) is 0.815. The Morgan fingerprint density at radius 2 is 1.88 bits per heavy atom. The van der Waals surface area contributed by atoms with Crippen molar-refractivity contribution < 1.29 is 0 Å². The van der Waals surface area contributed by atoms with Gasteiger partial charge >= 0.3 is 0 Å². The maximum Gasteiger partial charge on any atom is 0.188 e. The topological polar surface area (TPSA) is 38.7 Å². The zero-order valence-electron chi connectivity index (χ0n) is 9.82. The highest BCUT2D eigenvalue weighted by Crippen LogP contribution is 2.26. The summed E-state index contributed by atoms with van der Waals surface area (Å²) in [5.74, 6) is 0.812. The average molecular weight is 286 g/mol. The van der Waals surface area contributed by atoms with Gasteiger partial charge in [0.15, 0.2) is 9.62 Å². The van der Waals surface area contributed by atoms with E-state index in [-0.39, 0.29) is 0 Å². The molecular weight excluding hydrogens is 274 g/mol. The lowest BCUT2D eigenvalue weighted by atomic mass is 10.2. The summed E-state index contributed by atoms with van der Waals surface area (Å²) in [6, 6.07) is 0. The van der Waals surface area contributed by atoms with E-state index in [1.165, 1.54) is 11.3 Å². The van der Waals surface area contributed by atoms with E-state index in [9.17, 15) is 0 Å². The van der Waals surface area contributed by atoms with E-state index in [0.717, 1.165) is 32.7 Å². The molecule has 0 radical (unpaired) electrons. The zero-order valence-corrected chi connectivity index (χ0v) is 12.2. The van der Waals surface area contributed by atoms with Crippen molar-refractivity contribution >= 4 is 34.7 Å². The second-order valence-corrected chi connectivity index (χ2v) is 6.31. The number of halogens is 1. The third-order valence-electron chi connectivity index (χ3n) is 2.48. The monoisotopic (exact) mass is 285 g/mol. The van der Waals surface area contributed by atoms with Crippen LogP contribution in [0.5, 0.6) is 0 Å². The van der Waals surface area contributed by atoms with Crippen LogP contribution in [0.1, 0.15) is 21.8 Å². The van der Waals surface area contributed by atoms with Crippen LogP contribution in [-0.2, 0) is 5.75 Å². The Bertz CT molecular complexity index is 516. The van der Waals surface area contributed by atoms with E-state index in [2.05, 4.69) is 15.0 Å². The Morgan fingerprint density at radius 3 is 2.41 bits per heavy atom. The Morgan fingerprint density at radius 1 is 1.24 bits per heavy atom. The van der Waals surface area contributed by atoms with Crippen molar-refractivity contribution in [3.8, 4) is 0 Å². The van der Waals surface area contributed by atoms with Gasteiger partial charge in [-0.15, -0.1) is 11.3 Å². The van der Waals surface area contributed by atoms with Crippen molar-refractivity contribution in [2.24, 2.45) is 0 Å². The van der Waals surface area contributed by atoms with Crippen molar-refractivity contribution in [3.63, 3.8) is 0 Å². The third-order valence-corrected chi connectivity index (χ3v) is 4.67. The minimum Gasteiger partial charge on any atom is -0.233 e. The fraction of sp³-hybridized carbons (Fsp3) is 0.364. The molecule has 0 amide bonds. The van der Waals surface area contributed by atoms with Gasteiger partial charge in [-0.25, -0.2) is 15.0 Å². The van der Waals surface area contributed by atoms with E-state index >= 15 is 0 Å². The van der Waals surface area contributed by atoms with Crippen LogP contribution in [-0.4, -0.2) is 15.0 Å². The molecule has 0 spiro atoms. The molecule has 2 aromatic heterocycles. The number of hydrogen-bond acceptors (Lipinski definition) is 5. The zero-order chi connectivity index (χ0) is 12.4. The van der Waals surface area contributed by atoms with Gasteiger partial charge < -0.3 is 0 Å². The molecule has 3 nitrogen and oxygen atoms in total. The molecule has 2 heterocycles.